The summed E-state index contributed by atoms with van der Waals surface area (Å²) in [6.07, 6.45) is 3.96. The Morgan fingerprint density at radius 3 is 2.46 bits per heavy atom. The number of nitrogens with zero attached hydrogens (tertiary/aromatic N) is 2. The van der Waals surface area contributed by atoms with Crippen LogP contribution in [0.5, 0.6) is 0 Å². The number of esters is 1. The topological polar surface area (TPSA) is 41.9 Å². The molecule has 3 rings (SSSR count). The minimum Gasteiger partial charge on any atom is -0.466 e. The molecule has 1 fully saturated rings. The van der Waals surface area contributed by atoms with E-state index in [0.29, 0.717) is 6.61 Å². The Hall–Kier alpha value is -2.10. The molecule has 0 aromatic heterocycles. The Kier molecular flexibility index (Phi) is 4.24. The van der Waals surface area contributed by atoms with E-state index < -0.39 is 5.41 Å². The molecule has 2 aliphatic rings. The van der Waals surface area contributed by atoms with Crippen LogP contribution in [0.2, 0.25) is 0 Å². The Morgan fingerprint density at radius 1 is 1.21 bits per heavy atom. The Balaban J connectivity index is 2.11. The molecular formula is C20H26N2O2. The van der Waals surface area contributed by atoms with Crippen molar-refractivity contribution in [3.63, 3.8) is 0 Å². The van der Waals surface area contributed by atoms with Crippen molar-refractivity contribution in [1.82, 2.24) is 4.90 Å². The van der Waals surface area contributed by atoms with Gasteiger partial charge in [0.25, 0.3) is 0 Å². The maximum atomic E-state index is 12.9. The van der Waals surface area contributed by atoms with Crippen LogP contribution in [-0.2, 0) is 14.9 Å². The van der Waals surface area contributed by atoms with E-state index >= 15 is 0 Å². The van der Waals surface area contributed by atoms with E-state index in [0.717, 1.165) is 24.5 Å². The maximum absolute atomic E-state index is 12.9. The van der Waals surface area contributed by atoms with Crippen LogP contribution in [-0.4, -0.2) is 36.4 Å². The van der Waals surface area contributed by atoms with Crippen molar-refractivity contribution in [3.8, 4) is 0 Å². The second-order valence-corrected chi connectivity index (χ2v) is 6.57. The van der Waals surface area contributed by atoms with Gasteiger partial charge in [-0.15, -0.1) is 0 Å². The van der Waals surface area contributed by atoms with Crippen LogP contribution in [0.1, 0.15) is 33.3 Å². The van der Waals surface area contributed by atoms with Crippen molar-refractivity contribution in [2.75, 3.05) is 19.7 Å². The predicted octanol–water partition coefficient (Wildman–Crippen LogP) is 3.39. The van der Waals surface area contributed by atoms with Crippen LogP contribution in [0.25, 0.3) is 0 Å². The third kappa shape index (κ3) is 2.05. The fraction of sp³-hybridized carbons (Fsp3) is 0.500. The number of aliphatic imine (C=N–C) groups is 1. The van der Waals surface area contributed by atoms with Gasteiger partial charge in [0.05, 0.1) is 12.0 Å². The molecule has 1 unspecified atom stereocenters. The van der Waals surface area contributed by atoms with E-state index in [1.807, 2.05) is 38.2 Å². The van der Waals surface area contributed by atoms with E-state index in [4.69, 9.17) is 4.74 Å². The summed E-state index contributed by atoms with van der Waals surface area (Å²) in [5.41, 5.74) is 0.181. The molecule has 0 bridgehead atoms. The Labute approximate surface area is 144 Å². The summed E-state index contributed by atoms with van der Waals surface area (Å²) in [6.45, 7) is 10.3. The minimum atomic E-state index is -0.612. The molecule has 3 atom stereocenters. The highest BCUT2D eigenvalue weighted by molar-refractivity contribution is 6.02. The highest BCUT2D eigenvalue weighted by atomic mass is 16.5. The van der Waals surface area contributed by atoms with Gasteiger partial charge in [0.15, 0.2) is 0 Å². The van der Waals surface area contributed by atoms with Crippen LogP contribution in [0.4, 0.5) is 0 Å². The molecule has 0 saturated heterocycles. The third-order valence-electron chi connectivity index (χ3n) is 5.65. The van der Waals surface area contributed by atoms with Gasteiger partial charge < -0.3 is 9.64 Å². The van der Waals surface area contributed by atoms with E-state index in [1.165, 1.54) is 0 Å². The molecule has 24 heavy (non-hydrogen) atoms. The van der Waals surface area contributed by atoms with E-state index in [2.05, 4.69) is 41.9 Å². The summed E-state index contributed by atoms with van der Waals surface area (Å²) < 4.78 is 5.46. The quantitative estimate of drug-likeness (QED) is 0.779. The molecule has 4 heteroatoms. The van der Waals surface area contributed by atoms with Gasteiger partial charge in [0, 0.05) is 30.6 Å². The molecule has 1 saturated carbocycles. The van der Waals surface area contributed by atoms with Gasteiger partial charge in [0.1, 0.15) is 5.84 Å². The molecule has 1 aromatic carbocycles. The van der Waals surface area contributed by atoms with Crippen molar-refractivity contribution in [2.24, 2.45) is 16.3 Å². The average molecular weight is 326 g/mol. The van der Waals surface area contributed by atoms with Crippen LogP contribution in [0, 0.1) is 11.3 Å². The number of rotatable bonds is 5. The largest absolute Gasteiger partial charge is 0.466 e. The highest BCUT2D eigenvalue weighted by Crippen LogP contribution is 2.72. The lowest BCUT2D eigenvalue weighted by molar-refractivity contribution is -0.149. The van der Waals surface area contributed by atoms with Crippen LogP contribution >= 0.6 is 0 Å². The number of carbonyl (C=O) groups is 1. The minimum absolute atomic E-state index is 0.0244. The average Bonchev–Trinajstić information content (AvgIpc) is 3.20. The second-order valence-electron chi connectivity index (χ2n) is 6.57. The SMILES string of the molecule is CCOC(=O)C1(C)[C@H]2C(N(CC)CC)=NC=C[C@]21c1ccccc1. The number of hydrogen-bond donors (Lipinski definition) is 0. The number of benzene rings is 1. The zero-order chi connectivity index (χ0) is 17.4. The van der Waals surface area contributed by atoms with Gasteiger partial charge >= 0.3 is 5.97 Å². The van der Waals surface area contributed by atoms with Gasteiger partial charge in [-0.3, -0.25) is 4.79 Å². The molecular weight excluding hydrogens is 300 g/mol. The smallest absolute Gasteiger partial charge is 0.313 e. The lowest BCUT2D eigenvalue weighted by atomic mass is 9.86. The fourth-order valence-electron chi connectivity index (χ4n) is 4.34. The summed E-state index contributed by atoms with van der Waals surface area (Å²) in [7, 11) is 0. The zero-order valence-electron chi connectivity index (χ0n) is 15.0. The number of fused-ring (bicyclic) bond motifs is 1. The molecule has 1 aliphatic heterocycles. The van der Waals surface area contributed by atoms with Gasteiger partial charge in [0.2, 0.25) is 0 Å². The third-order valence-corrected chi connectivity index (χ3v) is 5.65. The van der Waals surface area contributed by atoms with Crippen molar-refractivity contribution < 1.29 is 9.53 Å². The van der Waals surface area contributed by atoms with E-state index in [-0.39, 0.29) is 17.3 Å². The summed E-state index contributed by atoms with van der Waals surface area (Å²) in [5.74, 6) is 0.892. The normalized spacial score (nSPS) is 30.3. The molecule has 0 N–H and O–H groups in total. The summed E-state index contributed by atoms with van der Waals surface area (Å²) in [4.78, 5) is 19.8. The Morgan fingerprint density at radius 2 is 1.88 bits per heavy atom. The summed E-state index contributed by atoms with van der Waals surface area (Å²) in [6, 6.07) is 10.3. The lowest BCUT2D eigenvalue weighted by Gasteiger charge is -2.26. The van der Waals surface area contributed by atoms with Gasteiger partial charge in [-0.05, 0) is 33.3 Å². The predicted molar refractivity (Wildman–Crippen MR) is 95.8 cm³/mol. The summed E-state index contributed by atoms with van der Waals surface area (Å²) in [5, 5.41) is 0. The first-order valence-electron chi connectivity index (χ1n) is 8.80. The molecule has 1 aliphatic carbocycles. The van der Waals surface area contributed by atoms with Crippen LogP contribution in [0.3, 0.4) is 0 Å². The number of allylic oxidation sites excluding steroid dienone is 1. The number of carbonyl (C=O) groups excluding carboxylic acids is 1. The van der Waals surface area contributed by atoms with Crippen molar-refractivity contribution in [3.05, 3.63) is 48.2 Å². The first-order valence-corrected chi connectivity index (χ1v) is 8.80. The fourth-order valence-corrected chi connectivity index (χ4v) is 4.34. The van der Waals surface area contributed by atoms with E-state index in [9.17, 15) is 4.79 Å². The zero-order valence-corrected chi connectivity index (χ0v) is 15.0. The van der Waals surface area contributed by atoms with Crippen LogP contribution in [0.15, 0.2) is 47.6 Å². The standard InChI is InChI=1S/C20H26N2O2/c1-5-22(6-2)17-16-19(4,18(23)24-7-3)20(16,13-14-21-17)15-11-9-8-10-12-15/h8-14,16H,5-7H2,1-4H3/t16-,19?,20+/m1/s1. The number of ether oxygens (including phenoxy) is 1. The van der Waals surface area contributed by atoms with Crippen molar-refractivity contribution in [2.45, 2.75) is 33.1 Å². The van der Waals surface area contributed by atoms with Gasteiger partial charge in [-0.1, -0.05) is 36.4 Å². The second kappa shape index (κ2) is 6.08. The number of hydrogen-bond acceptors (Lipinski definition) is 4. The molecule has 1 heterocycles. The van der Waals surface area contributed by atoms with Crippen molar-refractivity contribution >= 4 is 11.8 Å². The van der Waals surface area contributed by atoms with Gasteiger partial charge in [-0.2, -0.15) is 0 Å². The van der Waals surface area contributed by atoms with Gasteiger partial charge in [-0.25, -0.2) is 4.99 Å². The van der Waals surface area contributed by atoms with E-state index in [1.54, 1.807) is 0 Å². The van der Waals surface area contributed by atoms with Crippen LogP contribution < -0.4 is 0 Å². The first kappa shape index (κ1) is 16.7. The van der Waals surface area contributed by atoms with Crippen molar-refractivity contribution in [1.29, 1.82) is 0 Å². The number of amidine groups is 1. The Bertz CT molecular complexity index is 678. The molecule has 128 valence electrons. The highest BCUT2D eigenvalue weighted by Gasteiger charge is 2.80. The molecule has 1 aromatic rings. The summed E-state index contributed by atoms with van der Waals surface area (Å²) >= 11 is 0. The molecule has 0 amide bonds. The molecule has 4 nitrogen and oxygen atoms in total. The molecule has 0 spiro atoms. The lowest BCUT2D eigenvalue weighted by Crippen LogP contribution is -2.35. The maximum Gasteiger partial charge on any atom is 0.313 e. The first-order chi connectivity index (χ1) is 11.6. The monoisotopic (exact) mass is 326 g/mol. The molecule has 0 radical (unpaired) electrons.